The highest BCUT2D eigenvalue weighted by atomic mass is 16.5. The molecule has 7 rings (SSSR count). The number of hydrogen-bond donors (Lipinski definition) is 2. The summed E-state index contributed by atoms with van der Waals surface area (Å²) in [6, 6.07) is 0.676. The molecule has 5 saturated carbocycles. The molecule has 6 nitrogen and oxygen atoms in total. The Morgan fingerprint density at radius 2 is 1.35 bits per heavy atom. The summed E-state index contributed by atoms with van der Waals surface area (Å²) in [6.07, 6.45) is 20.2. The summed E-state index contributed by atoms with van der Waals surface area (Å²) in [5, 5.41) is 8.06. The Labute approximate surface area is 245 Å². The zero-order chi connectivity index (χ0) is 27.1. The lowest BCUT2D eigenvalue weighted by atomic mass is 9.62. The number of hydrogen-bond acceptors (Lipinski definition) is 6. The van der Waals surface area contributed by atoms with Crippen molar-refractivity contribution in [1.29, 1.82) is 0 Å². The highest BCUT2D eigenvalue weighted by Gasteiger charge is 2.49. The van der Waals surface area contributed by atoms with Crippen molar-refractivity contribution in [2.45, 2.75) is 128 Å². The Balaban J connectivity index is 0.855. The SMILES string of the molecule is CC1CC(OCCN2CCN(C3NC(C)NC4C5CCC(OCC6CCC(C7CC7)CC6)CC5CCC43)CC2)C1. The lowest BCUT2D eigenvalue weighted by Gasteiger charge is -2.56. The van der Waals surface area contributed by atoms with Gasteiger partial charge in [0.1, 0.15) is 0 Å². The number of fused-ring (bicyclic) bond motifs is 3. The third-order valence-corrected chi connectivity index (χ3v) is 12.7. The molecule has 7 unspecified atom stereocenters. The van der Waals surface area contributed by atoms with Crippen LogP contribution in [0.25, 0.3) is 0 Å². The maximum atomic E-state index is 6.67. The van der Waals surface area contributed by atoms with Gasteiger partial charge in [0.2, 0.25) is 0 Å². The van der Waals surface area contributed by atoms with E-state index in [1.807, 2.05) is 0 Å². The van der Waals surface area contributed by atoms with E-state index < -0.39 is 0 Å². The van der Waals surface area contributed by atoms with E-state index >= 15 is 0 Å². The van der Waals surface area contributed by atoms with E-state index in [0.29, 0.717) is 30.6 Å². The summed E-state index contributed by atoms with van der Waals surface area (Å²) in [4.78, 5) is 5.44. The Morgan fingerprint density at radius 3 is 2.08 bits per heavy atom. The molecule has 2 N–H and O–H groups in total. The first-order valence-electron chi connectivity index (χ1n) is 17.8. The normalized spacial score (nSPS) is 46.8. The average molecular weight is 557 g/mol. The number of piperazine rings is 1. The van der Waals surface area contributed by atoms with Crippen molar-refractivity contribution in [3.63, 3.8) is 0 Å². The van der Waals surface area contributed by atoms with Crippen LogP contribution in [0.5, 0.6) is 0 Å². The first-order chi connectivity index (χ1) is 19.6. The summed E-state index contributed by atoms with van der Waals surface area (Å²) in [5.74, 6) is 6.33. The average Bonchev–Trinajstić information content (AvgIpc) is 3.81. The lowest BCUT2D eigenvalue weighted by Crippen LogP contribution is -2.71. The number of nitrogens with zero attached hydrogens (tertiary/aromatic N) is 2. The van der Waals surface area contributed by atoms with Gasteiger partial charge in [-0.2, -0.15) is 0 Å². The van der Waals surface area contributed by atoms with Crippen LogP contribution in [0.15, 0.2) is 0 Å². The van der Waals surface area contributed by atoms with Crippen molar-refractivity contribution >= 4 is 0 Å². The zero-order valence-electron chi connectivity index (χ0n) is 25.8. The summed E-state index contributed by atoms with van der Waals surface area (Å²) in [7, 11) is 0. The summed E-state index contributed by atoms with van der Waals surface area (Å²) in [6.45, 7) is 12.5. The fourth-order valence-electron chi connectivity index (χ4n) is 10.0. The number of rotatable bonds is 9. The first-order valence-corrected chi connectivity index (χ1v) is 17.8. The van der Waals surface area contributed by atoms with Crippen molar-refractivity contribution in [3.8, 4) is 0 Å². The van der Waals surface area contributed by atoms with Crippen LogP contribution in [-0.2, 0) is 9.47 Å². The summed E-state index contributed by atoms with van der Waals surface area (Å²) in [5.41, 5.74) is 0. The van der Waals surface area contributed by atoms with Gasteiger partial charge in [-0.25, -0.2) is 0 Å². The second kappa shape index (κ2) is 12.8. The number of nitrogens with one attached hydrogen (secondary N) is 2. The predicted octanol–water partition coefficient (Wildman–Crippen LogP) is 5.08. The topological polar surface area (TPSA) is 49.0 Å². The quantitative estimate of drug-likeness (QED) is 0.413. The molecule has 2 aliphatic heterocycles. The van der Waals surface area contributed by atoms with Crippen molar-refractivity contribution in [2.75, 3.05) is 45.9 Å². The maximum Gasteiger partial charge on any atom is 0.0654 e. The van der Waals surface area contributed by atoms with E-state index in [0.717, 1.165) is 61.2 Å². The molecule has 7 fully saturated rings. The molecule has 7 atom stereocenters. The molecular weight excluding hydrogens is 496 g/mol. The van der Waals surface area contributed by atoms with Gasteiger partial charge in [0, 0.05) is 51.3 Å². The smallest absolute Gasteiger partial charge is 0.0654 e. The minimum Gasteiger partial charge on any atom is -0.378 e. The van der Waals surface area contributed by atoms with Crippen LogP contribution in [0, 0.1) is 41.4 Å². The fourth-order valence-corrected chi connectivity index (χ4v) is 10.0. The highest BCUT2D eigenvalue weighted by Crippen LogP contribution is 2.47. The summed E-state index contributed by atoms with van der Waals surface area (Å²) < 4.78 is 12.8. The van der Waals surface area contributed by atoms with Gasteiger partial charge in [-0.05, 0) is 126 Å². The van der Waals surface area contributed by atoms with E-state index in [1.165, 1.54) is 110 Å². The minimum atomic E-state index is 0.404. The predicted molar refractivity (Wildman–Crippen MR) is 161 cm³/mol. The molecule has 40 heavy (non-hydrogen) atoms. The van der Waals surface area contributed by atoms with Gasteiger partial charge in [0.05, 0.1) is 31.1 Å². The standard InChI is InChI=1S/C34H60N4O2/c1-23-19-30(20-23)39-18-17-37-13-15-38(16-14-37)34-32-11-9-28-21-29(10-12-31(28)33(32)35-24(2)36-34)40-22-25-3-5-26(6-4-25)27-7-8-27/h23-36H,3-22H2,1-2H3. The molecule has 6 heteroatoms. The van der Waals surface area contributed by atoms with Crippen LogP contribution in [0.1, 0.15) is 97.3 Å². The van der Waals surface area contributed by atoms with Crippen LogP contribution < -0.4 is 10.6 Å². The van der Waals surface area contributed by atoms with Gasteiger partial charge in [-0.3, -0.25) is 20.4 Å². The van der Waals surface area contributed by atoms with Gasteiger partial charge in [-0.1, -0.05) is 6.92 Å². The molecule has 0 radical (unpaired) electrons. The van der Waals surface area contributed by atoms with Crippen LogP contribution in [0.4, 0.5) is 0 Å². The molecule has 0 amide bonds. The van der Waals surface area contributed by atoms with E-state index in [2.05, 4.69) is 34.3 Å². The monoisotopic (exact) mass is 556 g/mol. The Kier molecular flexibility index (Phi) is 9.11. The Morgan fingerprint density at radius 1 is 0.650 bits per heavy atom. The zero-order valence-corrected chi connectivity index (χ0v) is 25.8. The van der Waals surface area contributed by atoms with Gasteiger partial charge < -0.3 is 9.47 Å². The van der Waals surface area contributed by atoms with Crippen molar-refractivity contribution in [1.82, 2.24) is 20.4 Å². The van der Waals surface area contributed by atoms with Crippen LogP contribution in [-0.4, -0.2) is 86.3 Å². The van der Waals surface area contributed by atoms with Crippen LogP contribution >= 0.6 is 0 Å². The third-order valence-electron chi connectivity index (χ3n) is 12.7. The molecule has 2 saturated heterocycles. The summed E-state index contributed by atoms with van der Waals surface area (Å²) >= 11 is 0. The van der Waals surface area contributed by atoms with Gasteiger partial charge >= 0.3 is 0 Å². The molecular formula is C34H60N4O2. The maximum absolute atomic E-state index is 6.67. The van der Waals surface area contributed by atoms with E-state index in [9.17, 15) is 0 Å². The van der Waals surface area contributed by atoms with Crippen LogP contribution in [0.2, 0.25) is 0 Å². The second-order valence-corrected chi connectivity index (χ2v) is 15.5. The van der Waals surface area contributed by atoms with Crippen molar-refractivity contribution in [3.05, 3.63) is 0 Å². The molecule has 7 aliphatic rings. The Bertz CT molecular complexity index is 802. The molecule has 0 aromatic heterocycles. The molecule has 0 spiro atoms. The first kappa shape index (κ1) is 28.5. The van der Waals surface area contributed by atoms with E-state index in [1.54, 1.807) is 0 Å². The second-order valence-electron chi connectivity index (χ2n) is 15.5. The van der Waals surface area contributed by atoms with Gasteiger partial charge in [-0.15, -0.1) is 0 Å². The largest absolute Gasteiger partial charge is 0.378 e. The van der Waals surface area contributed by atoms with Crippen LogP contribution in [0.3, 0.4) is 0 Å². The fraction of sp³-hybridized carbons (Fsp3) is 1.00. The molecule has 228 valence electrons. The molecule has 0 aromatic carbocycles. The van der Waals surface area contributed by atoms with Gasteiger partial charge in [0.25, 0.3) is 0 Å². The Hall–Kier alpha value is -0.240. The van der Waals surface area contributed by atoms with Crippen molar-refractivity contribution < 1.29 is 9.47 Å². The third kappa shape index (κ3) is 6.63. The van der Waals surface area contributed by atoms with E-state index in [-0.39, 0.29) is 0 Å². The molecule has 0 bridgehead atoms. The van der Waals surface area contributed by atoms with E-state index in [4.69, 9.17) is 9.47 Å². The number of ether oxygens (including phenoxy) is 2. The van der Waals surface area contributed by atoms with Crippen molar-refractivity contribution in [2.24, 2.45) is 41.4 Å². The molecule has 5 aliphatic carbocycles. The van der Waals surface area contributed by atoms with Gasteiger partial charge in [0.15, 0.2) is 0 Å². The molecule has 0 aromatic rings. The lowest BCUT2D eigenvalue weighted by molar-refractivity contribution is -0.0771. The highest BCUT2D eigenvalue weighted by molar-refractivity contribution is 5.03. The minimum absolute atomic E-state index is 0.404. The molecule has 2 heterocycles.